The second-order valence-corrected chi connectivity index (χ2v) is 12.1. The van der Waals surface area contributed by atoms with Crippen LogP contribution < -0.4 is 5.32 Å². The van der Waals surface area contributed by atoms with Crippen molar-refractivity contribution in [2.75, 3.05) is 26.2 Å². The molecule has 7 heteroatoms. The fourth-order valence-electron chi connectivity index (χ4n) is 6.38. The van der Waals surface area contributed by atoms with Crippen molar-refractivity contribution in [1.29, 1.82) is 0 Å². The first-order chi connectivity index (χ1) is 17.1. The summed E-state index contributed by atoms with van der Waals surface area (Å²) in [7, 11) is 0. The summed E-state index contributed by atoms with van der Waals surface area (Å²) in [5, 5.41) is 5.48. The van der Waals surface area contributed by atoms with Gasteiger partial charge in [0.1, 0.15) is 11.2 Å². The number of nitrogens with zero attached hydrogens (tertiary/aromatic N) is 3. The van der Waals surface area contributed by atoms with Gasteiger partial charge in [-0.3, -0.25) is 9.59 Å². The maximum absolute atomic E-state index is 13.9. The van der Waals surface area contributed by atoms with Crippen LogP contribution in [0, 0.1) is 0 Å². The Bertz CT molecular complexity index is 1010. The normalized spacial score (nSPS) is 25.2. The van der Waals surface area contributed by atoms with Crippen LogP contribution >= 0.6 is 11.3 Å². The number of carbonyl (C=O) groups is 2. The molecular formula is C28H42N4O2S. The lowest BCUT2D eigenvalue weighted by Crippen LogP contribution is -2.65. The molecule has 1 N–H and O–H groups in total. The van der Waals surface area contributed by atoms with E-state index in [1.54, 1.807) is 11.3 Å². The van der Waals surface area contributed by atoms with E-state index in [1.165, 1.54) is 57.8 Å². The third kappa shape index (κ3) is 5.31. The van der Waals surface area contributed by atoms with Crippen molar-refractivity contribution in [1.82, 2.24) is 19.7 Å². The summed E-state index contributed by atoms with van der Waals surface area (Å²) >= 11 is 1.67. The molecular weight excluding hydrogens is 456 g/mol. The van der Waals surface area contributed by atoms with Crippen LogP contribution in [0.1, 0.15) is 94.5 Å². The highest BCUT2D eigenvalue weighted by atomic mass is 32.1. The molecule has 4 heterocycles. The van der Waals surface area contributed by atoms with Crippen molar-refractivity contribution >= 4 is 33.4 Å². The molecule has 192 valence electrons. The fraction of sp³-hybridized carbons (Fsp3) is 0.714. The molecule has 6 nitrogen and oxygen atoms in total. The molecule has 5 rings (SSSR count). The Morgan fingerprint density at radius 3 is 2.46 bits per heavy atom. The molecule has 2 aliphatic heterocycles. The van der Waals surface area contributed by atoms with Gasteiger partial charge in [-0.15, -0.1) is 11.3 Å². The zero-order chi connectivity index (χ0) is 24.3. The van der Waals surface area contributed by atoms with E-state index in [1.807, 2.05) is 17.9 Å². The van der Waals surface area contributed by atoms with E-state index in [-0.39, 0.29) is 17.9 Å². The summed E-state index contributed by atoms with van der Waals surface area (Å²) in [5.74, 6) is 0.0276. The standard InChI is InChI=1S/C28H42N4O2S/c1-28(27(34)29-22-12-7-3-2-4-8-13-22)21-31-23-14-19-35-25(23)20-24(31)26(33)32(28)18-11-17-30-15-9-5-6-10-16-30/h14,19-20,22H,2-13,15-18,21H2,1H3,(H,29,34). The van der Waals surface area contributed by atoms with E-state index >= 15 is 0 Å². The van der Waals surface area contributed by atoms with E-state index in [2.05, 4.69) is 26.2 Å². The Morgan fingerprint density at radius 1 is 1.03 bits per heavy atom. The lowest BCUT2D eigenvalue weighted by Gasteiger charge is -2.45. The highest BCUT2D eigenvalue weighted by molar-refractivity contribution is 7.17. The molecule has 0 bridgehead atoms. The van der Waals surface area contributed by atoms with Crippen LogP contribution in [0.4, 0.5) is 0 Å². The number of amides is 2. The first kappa shape index (κ1) is 24.8. The summed E-state index contributed by atoms with van der Waals surface area (Å²) in [6, 6.07) is 4.33. The van der Waals surface area contributed by atoms with Gasteiger partial charge < -0.3 is 19.7 Å². The smallest absolute Gasteiger partial charge is 0.271 e. The largest absolute Gasteiger partial charge is 0.351 e. The van der Waals surface area contributed by atoms with Crippen molar-refractivity contribution in [3.63, 3.8) is 0 Å². The molecule has 0 spiro atoms. The molecule has 1 unspecified atom stereocenters. The van der Waals surface area contributed by atoms with Crippen LogP contribution in [0.25, 0.3) is 10.2 Å². The third-order valence-electron chi connectivity index (χ3n) is 8.53. The Hall–Kier alpha value is -1.86. The van der Waals surface area contributed by atoms with Crippen LogP contribution in [-0.2, 0) is 11.3 Å². The minimum atomic E-state index is -0.876. The molecule has 0 radical (unpaired) electrons. The van der Waals surface area contributed by atoms with Gasteiger partial charge in [0.05, 0.1) is 16.8 Å². The van der Waals surface area contributed by atoms with E-state index < -0.39 is 5.54 Å². The Kier molecular flexibility index (Phi) is 7.83. The van der Waals surface area contributed by atoms with Crippen molar-refractivity contribution in [2.24, 2.45) is 0 Å². The Morgan fingerprint density at radius 2 is 1.71 bits per heavy atom. The van der Waals surface area contributed by atoms with Gasteiger partial charge in [-0.25, -0.2) is 0 Å². The number of likely N-dealkylation sites (tertiary alicyclic amines) is 1. The molecule has 1 atom stereocenters. The quantitative estimate of drug-likeness (QED) is 0.579. The van der Waals surface area contributed by atoms with Crippen LogP contribution in [0.15, 0.2) is 17.5 Å². The lowest BCUT2D eigenvalue weighted by atomic mass is 9.92. The minimum Gasteiger partial charge on any atom is -0.351 e. The molecule has 1 aliphatic carbocycles. The molecule has 3 aliphatic rings. The average molecular weight is 499 g/mol. The molecule has 2 aromatic rings. The molecule has 1 saturated carbocycles. The zero-order valence-electron chi connectivity index (χ0n) is 21.4. The molecule has 1 saturated heterocycles. The van der Waals surface area contributed by atoms with Gasteiger partial charge in [-0.2, -0.15) is 0 Å². The summed E-state index contributed by atoms with van der Waals surface area (Å²) in [6.45, 7) is 6.47. The van der Waals surface area contributed by atoms with Crippen molar-refractivity contribution in [3.8, 4) is 0 Å². The van der Waals surface area contributed by atoms with Crippen LogP contribution in [0.5, 0.6) is 0 Å². The highest BCUT2D eigenvalue weighted by Gasteiger charge is 2.48. The number of carbonyl (C=O) groups excluding carboxylic acids is 2. The highest BCUT2D eigenvalue weighted by Crippen LogP contribution is 2.35. The monoisotopic (exact) mass is 498 g/mol. The van der Waals surface area contributed by atoms with E-state index in [9.17, 15) is 9.59 Å². The maximum atomic E-state index is 13.9. The second kappa shape index (κ2) is 11.0. The SMILES string of the molecule is CC1(C(=O)NC2CCCCCCC2)Cn2c(cc3sccc32)C(=O)N1CCCN1CCCCCC1. The minimum absolute atomic E-state index is 0.00540. The number of hydrogen-bond donors (Lipinski definition) is 1. The predicted octanol–water partition coefficient (Wildman–Crippen LogP) is 5.41. The van der Waals surface area contributed by atoms with Gasteiger partial charge in [0.2, 0.25) is 5.91 Å². The molecule has 2 aromatic heterocycles. The number of nitrogens with one attached hydrogen (secondary N) is 1. The second-order valence-electron chi connectivity index (χ2n) is 11.1. The number of hydrogen-bond acceptors (Lipinski definition) is 4. The summed E-state index contributed by atoms with van der Waals surface area (Å²) in [6.07, 6.45) is 14.4. The number of thiophene rings is 1. The Labute approximate surface area is 214 Å². The van der Waals surface area contributed by atoms with Gasteiger partial charge in [0, 0.05) is 12.6 Å². The van der Waals surface area contributed by atoms with Crippen molar-refractivity contribution in [3.05, 3.63) is 23.2 Å². The third-order valence-corrected chi connectivity index (χ3v) is 9.39. The number of rotatable bonds is 6. The van der Waals surface area contributed by atoms with Gasteiger partial charge in [-0.1, -0.05) is 44.9 Å². The van der Waals surface area contributed by atoms with E-state index in [4.69, 9.17) is 0 Å². The van der Waals surface area contributed by atoms with Gasteiger partial charge in [0.25, 0.3) is 5.91 Å². The number of aromatic nitrogens is 1. The van der Waals surface area contributed by atoms with Crippen molar-refractivity contribution in [2.45, 2.75) is 102 Å². The zero-order valence-corrected chi connectivity index (χ0v) is 22.2. The van der Waals surface area contributed by atoms with Gasteiger partial charge >= 0.3 is 0 Å². The summed E-state index contributed by atoms with van der Waals surface area (Å²) in [4.78, 5) is 32.2. The molecule has 2 amide bonds. The van der Waals surface area contributed by atoms with E-state index in [0.29, 0.717) is 13.1 Å². The fourth-order valence-corrected chi connectivity index (χ4v) is 7.20. The summed E-state index contributed by atoms with van der Waals surface area (Å²) < 4.78 is 3.22. The lowest BCUT2D eigenvalue weighted by molar-refractivity contribution is -0.133. The average Bonchev–Trinajstić information content (AvgIpc) is 3.31. The molecule has 2 fully saturated rings. The van der Waals surface area contributed by atoms with Gasteiger partial charge in [0.15, 0.2) is 0 Å². The topological polar surface area (TPSA) is 57.6 Å². The number of fused-ring (bicyclic) bond motifs is 3. The first-order valence-electron chi connectivity index (χ1n) is 14.0. The van der Waals surface area contributed by atoms with Crippen LogP contribution in [0.2, 0.25) is 0 Å². The van der Waals surface area contributed by atoms with Crippen LogP contribution in [0.3, 0.4) is 0 Å². The summed E-state index contributed by atoms with van der Waals surface area (Å²) in [5.41, 5.74) is 0.935. The van der Waals surface area contributed by atoms with Crippen LogP contribution in [-0.4, -0.2) is 63.9 Å². The van der Waals surface area contributed by atoms with Crippen molar-refractivity contribution < 1.29 is 9.59 Å². The first-order valence-corrected chi connectivity index (χ1v) is 14.9. The predicted molar refractivity (Wildman–Crippen MR) is 143 cm³/mol. The molecule has 0 aromatic carbocycles. The molecule has 35 heavy (non-hydrogen) atoms. The Balaban J connectivity index is 1.35. The van der Waals surface area contributed by atoms with Gasteiger partial charge in [-0.05, 0) is 76.2 Å². The van der Waals surface area contributed by atoms with E-state index in [0.717, 1.165) is 54.8 Å². The maximum Gasteiger partial charge on any atom is 0.271 e.